The van der Waals surface area contributed by atoms with E-state index in [0.29, 0.717) is 25.7 Å². The molecule has 5 unspecified atom stereocenters. The van der Waals surface area contributed by atoms with Crippen molar-refractivity contribution in [2.24, 2.45) is 0 Å². The number of phosphoric acid groups is 2. The van der Waals surface area contributed by atoms with Gasteiger partial charge in [0, 0.05) is 19.3 Å². The molecule has 0 aromatic heterocycles. The standard InChI is InChI=1S/C79H130O17P2/c1-5-9-13-17-21-25-29-32-35-36-39-41-45-48-52-56-60-64-77(82)90-70-75(96-79(84)66-62-58-54-50-46-42-38-34-31-27-23-19-15-11-7-3)72-94-98(87,88)92-68-73(80)67-91-97(85,86)93-71-74(95-78(83)65-61-57-53-49-43-28-24-20-16-12-8-4)69-89-76(81)63-59-55-51-47-44-40-37-33-30-26-22-18-14-10-6-2/h9-10,13-14,20-27,32-35,37-39,41,44,47,55,59,73-75,80H,5-8,11-12,15-19,28-31,36,40,42-43,45-46,48-54,56-58,60-72H2,1-4H3,(H,85,86)(H,87,88)/b13-9-,14-10-,24-20-,25-21-,26-22-,27-23-,35-32-,37-33-,38-34-,41-39-,47-44-,59-55-. The van der Waals surface area contributed by atoms with Crippen LogP contribution in [0.15, 0.2) is 146 Å². The maximum Gasteiger partial charge on any atom is 0.472 e. The van der Waals surface area contributed by atoms with Crippen molar-refractivity contribution in [3.8, 4) is 0 Å². The van der Waals surface area contributed by atoms with Crippen molar-refractivity contribution in [1.82, 2.24) is 0 Å². The number of hydrogen-bond donors (Lipinski definition) is 3. The fraction of sp³-hybridized carbons (Fsp3) is 0.646. The first-order valence-electron chi connectivity index (χ1n) is 37.1. The van der Waals surface area contributed by atoms with E-state index in [1.54, 1.807) is 6.08 Å². The Morgan fingerprint density at radius 3 is 0.949 bits per heavy atom. The second-order valence-electron chi connectivity index (χ2n) is 24.1. The highest BCUT2D eigenvalue weighted by molar-refractivity contribution is 7.47. The van der Waals surface area contributed by atoms with Crippen LogP contribution in [0.25, 0.3) is 0 Å². The molecule has 0 spiro atoms. The molecule has 19 heteroatoms. The average Bonchev–Trinajstić information content (AvgIpc) is 0.985. The van der Waals surface area contributed by atoms with Gasteiger partial charge in [-0.1, -0.05) is 251 Å². The van der Waals surface area contributed by atoms with Crippen LogP contribution in [0.4, 0.5) is 0 Å². The Bertz CT molecular complexity index is 2430. The minimum atomic E-state index is -5.00. The van der Waals surface area contributed by atoms with Crippen LogP contribution in [-0.4, -0.2) is 96.7 Å². The Labute approximate surface area is 592 Å². The van der Waals surface area contributed by atoms with Gasteiger partial charge in [0.1, 0.15) is 19.3 Å². The topological polar surface area (TPSA) is 237 Å². The predicted molar refractivity (Wildman–Crippen MR) is 399 cm³/mol. The number of allylic oxidation sites excluding steroid dienone is 23. The van der Waals surface area contributed by atoms with E-state index in [0.717, 1.165) is 167 Å². The first-order valence-corrected chi connectivity index (χ1v) is 40.1. The lowest BCUT2D eigenvalue weighted by Gasteiger charge is -2.21. The van der Waals surface area contributed by atoms with E-state index in [2.05, 4.69) is 149 Å². The van der Waals surface area contributed by atoms with Gasteiger partial charge >= 0.3 is 39.5 Å². The van der Waals surface area contributed by atoms with Crippen molar-refractivity contribution in [2.75, 3.05) is 39.6 Å². The summed E-state index contributed by atoms with van der Waals surface area (Å²) in [6.07, 6.45) is 78.8. The largest absolute Gasteiger partial charge is 0.472 e. The summed E-state index contributed by atoms with van der Waals surface area (Å²) in [4.78, 5) is 72.7. The average molecular weight is 1410 g/mol. The highest BCUT2D eigenvalue weighted by atomic mass is 31.2. The Morgan fingerprint density at radius 2 is 0.582 bits per heavy atom. The van der Waals surface area contributed by atoms with Crippen LogP contribution in [0.5, 0.6) is 0 Å². The Morgan fingerprint density at radius 1 is 0.306 bits per heavy atom. The Kier molecular flexibility index (Phi) is 66.7. The summed E-state index contributed by atoms with van der Waals surface area (Å²) in [5.74, 6) is -2.39. The van der Waals surface area contributed by atoms with E-state index in [-0.39, 0.29) is 25.7 Å². The zero-order valence-electron chi connectivity index (χ0n) is 60.7. The molecule has 0 aliphatic heterocycles. The summed E-state index contributed by atoms with van der Waals surface area (Å²) in [7, 11) is -9.99. The molecule has 0 aromatic carbocycles. The van der Waals surface area contributed by atoms with Gasteiger partial charge in [0.05, 0.1) is 32.8 Å². The molecule has 0 aromatic rings. The minimum absolute atomic E-state index is 0.0604. The molecular formula is C79H130O17P2. The number of unbranched alkanes of at least 4 members (excludes halogenated alkanes) is 19. The van der Waals surface area contributed by atoms with Crippen LogP contribution in [0.3, 0.4) is 0 Å². The van der Waals surface area contributed by atoms with Crippen molar-refractivity contribution in [2.45, 2.75) is 290 Å². The second-order valence-corrected chi connectivity index (χ2v) is 27.0. The van der Waals surface area contributed by atoms with Crippen LogP contribution in [0.2, 0.25) is 0 Å². The third-order valence-electron chi connectivity index (χ3n) is 14.8. The summed E-state index contributed by atoms with van der Waals surface area (Å²) >= 11 is 0. The number of rotatable bonds is 68. The fourth-order valence-corrected chi connectivity index (χ4v) is 10.8. The van der Waals surface area contributed by atoms with Crippen LogP contribution in [0, 0.1) is 0 Å². The van der Waals surface area contributed by atoms with Crippen LogP contribution in [0.1, 0.15) is 272 Å². The zero-order valence-corrected chi connectivity index (χ0v) is 62.4. The molecule has 0 saturated heterocycles. The van der Waals surface area contributed by atoms with Gasteiger partial charge in [-0.25, -0.2) is 9.13 Å². The third-order valence-corrected chi connectivity index (χ3v) is 16.7. The first-order chi connectivity index (χ1) is 47.7. The molecule has 5 atom stereocenters. The quantitative estimate of drug-likeness (QED) is 0.0169. The molecule has 0 bridgehead atoms. The summed E-state index contributed by atoms with van der Waals surface area (Å²) in [5, 5.41) is 10.6. The smallest absolute Gasteiger partial charge is 0.462 e. The van der Waals surface area contributed by atoms with Crippen molar-refractivity contribution < 1.29 is 80.2 Å². The van der Waals surface area contributed by atoms with Crippen molar-refractivity contribution in [3.05, 3.63) is 146 Å². The van der Waals surface area contributed by atoms with E-state index in [1.807, 2.05) is 18.2 Å². The molecule has 3 N–H and O–H groups in total. The molecular weight excluding hydrogens is 1280 g/mol. The van der Waals surface area contributed by atoms with Gasteiger partial charge in [-0.3, -0.25) is 37.3 Å². The van der Waals surface area contributed by atoms with Gasteiger partial charge in [-0.05, 0) is 141 Å². The lowest BCUT2D eigenvalue weighted by molar-refractivity contribution is -0.161. The van der Waals surface area contributed by atoms with E-state index in [1.165, 1.54) is 25.7 Å². The van der Waals surface area contributed by atoms with Crippen LogP contribution in [-0.2, 0) is 65.4 Å². The van der Waals surface area contributed by atoms with E-state index in [4.69, 9.17) is 37.0 Å². The van der Waals surface area contributed by atoms with Gasteiger partial charge < -0.3 is 33.8 Å². The molecule has 0 heterocycles. The van der Waals surface area contributed by atoms with Crippen LogP contribution < -0.4 is 0 Å². The first kappa shape index (κ1) is 92.9. The SMILES string of the molecule is CC/C=C\C/C=C\C/C=C\C/C=C\C/C=C\CC(=O)OCC(COP(=O)(O)OCC(O)COP(=O)(O)OCC(COC(=O)CCCCCC/C=C\C/C=C\C/C=C\C/C=C\CC)OC(=O)CCCCCCC/C=C\C/C=C\CCCCC)OC(=O)CCCCCCC/C=C\CCCC. The molecule has 0 radical (unpaired) electrons. The number of hydrogen-bond acceptors (Lipinski definition) is 15. The highest BCUT2D eigenvalue weighted by Crippen LogP contribution is 2.45. The van der Waals surface area contributed by atoms with E-state index >= 15 is 0 Å². The summed E-state index contributed by atoms with van der Waals surface area (Å²) in [6.45, 7) is 4.38. The highest BCUT2D eigenvalue weighted by Gasteiger charge is 2.30. The summed E-state index contributed by atoms with van der Waals surface area (Å²) < 4.78 is 68.2. The van der Waals surface area contributed by atoms with Gasteiger partial charge in [-0.2, -0.15) is 0 Å². The molecule has 0 aliphatic carbocycles. The molecule has 0 saturated carbocycles. The third kappa shape index (κ3) is 69.4. The van der Waals surface area contributed by atoms with Gasteiger partial charge in [0.15, 0.2) is 12.2 Å². The number of aliphatic hydroxyl groups excluding tert-OH is 1. The molecule has 0 aliphatic rings. The van der Waals surface area contributed by atoms with Gasteiger partial charge in [0.2, 0.25) is 0 Å². The van der Waals surface area contributed by atoms with E-state index in [9.17, 15) is 43.2 Å². The Hall–Kier alpha value is -5.06. The van der Waals surface area contributed by atoms with Crippen molar-refractivity contribution >= 4 is 39.5 Å². The number of ether oxygens (including phenoxy) is 4. The Balaban J connectivity index is 5.44. The minimum Gasteiger partial charge on any atom is -0.462 e. The normalized spacial score (nSPS) is 14.8. The summed E-state index contributed by atoms with van der Waals surface area (Å²) in [6, 6.07) is 0. The molecule has 0 rings (SSSR count). The molecule has 558 valence electrons. The van der Waals surface area contributed by atoms with Crippen molar-refractivity contribution in [1.29, 1.82) is 0 Å². The number of carbonyl (C=O) groups is 4. The molecule has 0 fully saturated rings. The maximum atomic E-state index is 13.1. The summed E-state index contributed by atoms with van der Waals surface area (Å²) in [5.41, 5.74) is 0. The number of carbonyl (C=O) groups excluding carboxylic acids is 4. The van der Waals surface area contributed by atoms with Gasteiger partial charge in [-0.15, -0.1) is 0 Å². The lowest BCUT2D eigenvalue weighted by atomic mass is 10.1. The number of esters is 4. The second kappa shape index (κ2) is 70.4. The maximum absolute atomic E-state index is 13.1. The molecule has 98 heavy (non-hydrogen) atoms. The number of aliphatic hydroxyl groups is 1. The number of phosphoric ester groups is 2. The van der Waals surface area contributed by atoms with Gasteiger partial charge in [0.25, 0.3) is 0 Å². The molecule has 0 amide bonds. The zero-order chi connectivity index (χ0) is 71.8. The van der Waals surface area contributed by atoms with Crippen LogP contribution >= 0.6 is 15.6 Å². The van der Waals surface area contributed by atoms with Crippen molar-refractivity contribution in [3.63, 3.8) is 0 Å². The fourth-order valence-electron chi connectivity index (χ4n) is 9.18. The molecule has 17 nitrogen and oxygen atoms in total. The predicted octanol–water partition coefficient (Wildman–Crippen LogP) is 21.1. The lowest BCUT2D eigenvalue weighted by Crippen LogP contribution is -2.30. The van der Waals surface area contributed by atoms with E-state index < -0.39 is 97.5 Å². The monoisotopic (exact) mass is 1410 g/mol.